The average Bonchev–Trinajstić information content (AvgIpc) is 3.20. The molecule has 3 aliphatic rings. The third-order valence-electron chi connectivity index (χ3n) is 5.41. The molecule has 0 unspecified atom stereocenters. The molecule has 0 radical (unpaired) electrons. The third kappa shape index (κ3) is 3.04. The topological polar surface area (TPSA) is 15.7 Å². The van der Waals surface area contributed by atoms with Crippen molar-refractivity contribution in [2.45, 2.75) is 44.4 Å². The Kier molecular flexibility index (Phi) is 4.30. The number of piperidine rings is 1. The number of thiophene rings is 1. The summed E-state index contributed by atoms with van der Waals surface area (Å²) in [4.78, 5) is 5.39. The molecule has 3 atom stereocenters. The van der Waals surface area contributed by atoms with Crippen LogP contribution >= 0.6 is 11.3 Å². The lowest BCUT2D eigenvalue weighted by atomic mass is 9.84. The van der Waals surface area contributed by atoms with E-state index in [9.17, 15) is 0 Å². The summed E-state index contributed by atoms with van der Waals surface area (Å²) < 4.78 is 6.22. The first-order valence-corrected chi connectivity index (χ1v) is 9.43. The van der Waals surface area contributed by atoms with E-state index in [0.29, 0.717) is 12.1 Å². The van der Waals surface area contributed by atoms with Crippen LogP contribution in [0.4, 0.5) is 0 Å². The molecule has 3 nitrogen and oxygen atoms in total. The van der Waals surface area contributed by atoms with Gasteiger partial charge in [-0.25, -0.2) is 0 Å². The van der Waals surface area contributed by atoms with Crippen LogP contribution in [-0.4, -0.2) is 54.7 Å². The Balaban J connectivity index is 1.49. The molecule has 21 heavy (non-hydrogen) atoms. The molecule has 0 saturated carbocycles. The van der Waals surface area contributed by atoms with Crippen LogP contribution in [0.15, 0.2) is 16.8 Å². The van der Waals surface area contributed by atoms with Crippen molar-refractivity contribution in [2.24, 2.45) is 5.92 Å². The molecule has 3 saturated heterocycles. The van der Waals surface area contributed by atoms with Crippen molar-refractivity contribution in [3.05, 3.63) is 22.4 Å². The van der Waals surface area contributed by atoms with E-state index in [1.165, 1.54) is 57.4 Å². The SMILES string of the molecule is c1cc(CN2C[C@H]3CCCO[C@H]3[C@@H](N3CCCC3)C2)cs1. The van der Waals surface area contributed by atoms with Crippen molar-refractivity contribution in [3.63, 3.8) is 0 Å². The number of hydrogen-bond acceptors (Lipinski definition) is 4. The Morgan fingerprint density at radius 3 is 2.90 bits per heavy atom. The highest BCUT2D eigenvalue weighted by Crippen LogP contribution is 2.33. The van der Waals surface area contributed by atoms with Crippen LogP contribution in [-0.2, 0) is 11.3 Å². The maximum Gasteiger partial charge on any atom is 0.0782 e. The number of likely N-dealkylation sites (tertiary alicyclic amines) is 2. The van der Waals surface area contributed by atoms with E-state index in [2.05, 4.69) is 26.6 Å². The lowest BCUT2D eigenvalue weighted by molar-refractivity contribution is -0.112. The van der Waals surface area contributed by atoms with Gasteiger partial charge in [0.2, 0.25) is 0 Å². The van der Waals surface area contributed by atoms with Crippen molar-refractivity contribution in [3.8, 4) is 0 Å². The first kappa shape index (κ1) is 14.2. The van der Waals surface area contributed by atoms with Gasteiger partial charge >= 0.3 is 0 Å². The number of rotatable bonds is 3. The monoisotopic (exact) mass is 306 g/mol. The summed E-state index contributed by atoms with van der Waals surface area (Å²) in [6.07, 6.45) is 5.85. The zero-order valence-corrected chi connectivity index (χ0v) is 13.6. The minimum atomic E-state index is 0.496. The molecule has 3 aliphatic heterocycles. The summed E-state index contributed by atoms with van der Waals surface area (Å²) in [5.41, 5.74) is 1.48. The minimum absolute atomic E-state index is 0.496. The zero-order valence-electron chi connectivity index (χ0n) is 12.7. The van der Waals surface area contributed by atoms with Gasteiger partial charge in [0.1, 0.15) is 0 Å². The highest BCUT2D eigenvalue weighted by atomic mass is 32.1. The van der Waals surface area contributed by atoms with Crippen molar-refractivity contribution in [1.29, 1.82) is 0 Å². The molecule has 0 spiro atoms. The first-order chi connectivity index (χ1) is 10.4. The molecule has 116 valence electrons. The van der Waals surface area contributed by atoms with Crippen molar-refractivity contribution in [1.82, 2.24) is 9.80 Å². The van der Waals surface area contributed by atoms with Gasteiger partial charge in [-0.2, -0.15) is 11.3 Å². The van der Waals surface area contributed by atoms with Gasteiger partial charge in [-0.1, -0.05) is 0 Å². The number of hydrogen-bond donors (Lipinski definition) is 0. The lowest BCUT2D eigenvalue weighted by Crippen LogP contribution is -2.60. The fraction of sp³-hybridized carbons (Fsp3) is 0.765. The molecular formula is C17H26N2OS. The van der Waals surface area contributed by atoms with Crippen molar-refractivity contribution >= 4 is 11.3 Å². The molecule has 0 aromatic carbocycles. The van der Waals surface area contributed by atoms with Crippen LogP contribution in [0.25, 0.3) is 0 Å². The Morgan fingerprint density at radius 1 is 1.19 bits per heavy atom. The summed E-state index contributed by atoms with van der Waals surface area (Å²) in [7, 11) is 0. The molecule has 0 N–H and O–H groups in total. The smallest absolute Gasteiger partial charge is 0.0782 e. The van der Waals surface area contributed by atoms with Crippen molar-refractivity contribution < 1.29 is 4.74 Å². The highest BCUT2D eigenvalue weighted by molar-refractivity contribution is 7.07. The van der Waals surface area contributed by atoms with E-state index < -0.39 is 0 Å². The maximum atomic E-state index is 6.22. The number of ether oxygens (including phenoxy) is 1. The molecular weight excluding hydrogens is 280 g/mol. The second kappa shape index (κ2) is 6.37. The molecule has 3 fully saturated rings. The summed E-state index contributed by atoms with van der Waals surface area (Å²) in [5, 5.41) is 4.50. The molecule has 1 aromatic rings. The minimum Gasteiger partial charge on any atom is -0.376 e. The molecule has 0 amide bonds. The standard InChI is InChI=1S/C17H26N2OS/c1-2-7-19(6-1)16-12-18(10-14-5-9-21-13-14)11-15-4-3-8-20-17(15)16/h5,9,13,15-17H,1-4,6-8,10-12H2/t15-,16+,17-/m1/s1. The fourth-order valence-corrected chi connectivity index (χ4v) is 5.09. The van der Waals surface area contributed by atoms with Gasteiger partial charge in [-0.15, -0.1) is 0 Å². The third-order valence-corrected chi connectivity index (χ3v) is 6.14. The largest absolute Gasteiger partial charge is 0.376 e. The van der Waals surface area contributed by atoms with Crippen LogP contribution in [0.2, 0.25) is 0 Å². The highest BCUT2D eigenvalue weighted by Gasteiger charge is 2.42. The zero-order chi connectivity index (χ0) is 14.1. The summed E-state index contributed by atoms with van der Waals surface area (Å²) in [5.74, 6) is 0.747. The van der Waals surface area contributed by atoms with Gasteiger partial charge in [0, 0.05) is 32.3 Å². The van der Waals surface area contributed by atoms with Gasteiger partial charge in [-0.3, -0.25) is 9.80 Å². The van der Waals surface area contributed by atoms with Gasteiger partial charge in [0.25, 0.3) is 0 Å². The second-order valence-corrected chi connectivity index (χ2v) is 7.65. The van der Waals surface area contributed by atoms with Crippen LogP contribution in [0.1, 0.15) is 31.2 Å². The Labute approximate surface area is 131 Å². The summed E-state index contributed by atoms with van der Waals surface area (Å²) in [6, 6.07) is 2.91. The molecule has 1 aromatic heterocycles. The van der Waals surface area contributed by atoms with Gasteiger partial charge in [0.05, 0.1) is 6.10 Å². The molecule has 0 aliphatic carbocycles. The molecule has 4 heterocycles. The summed E-state index contributed by atoms with van der Waals surface area (Å²) >= 11 is 1.82. The Morgan fingerprint density at radius 2 is 2.10 bits per heavy atom. The van der Waals surface area contributed by atoms with Gasteiger partial charge in [0.15, 0.2) is 0 Å². The predicted octanol–water partition coefficient (Wildman–Crippen LogP) is 2.82. The molecule has 4 heteroatoms. The first-order valence-electron chi connectivity index (χ1n) is 8.49. The van der Waals surface area contributed by atoms with Gasteiger partial charge in [-0.05, 0) is 67.1 Å². The van der Waals surface area contributed by atoms with E-state index in [0.717, 1.165) is 19.1 Å². The number of fused-ring (bicyclic) bond motifs is 1. The van der Waals surface area contributed by atoms with Gasteiger partial charge < -0.3 is 4.74 Å². The average molecular weight is 306 g/mol. The van der Waals surface area contributed by atoms with Crippen molar-refractivity contribution in [2.75, 3.05) is 32.8 Å². The Bertz CT molecular complexity index is 444. The quantitative estimate of drug-likeness (QED) is 0.854. The fourth-order valence-electron chi connectivity index (χ4n) is 4.43. The predicted molar refractivity (Wildman–Crippen MR) is 86.7 cm³/mol. The van der Waals surface area contributed by atoms with E-state index in [1.807, 2.05) is 11.3 Å². The van der Waals surface area contributed by atoms with Crippen LogP contribution < -0.4 is 0 Å². The van der Waals surface area contributed by atoms with E-state index in [1.54, 1.807) is 0 Å². The molecule has 4 rings (SSSR count). The number of nitrogens with zero attached hydrogens (tertiary/aromatic N) is 2. The summed E-state index contributed by atoms with van der Waals surface area (Å²) in [6.45, 7) is 7.09. The maximum absolute atomic E-state index is 6.22. The van der Waals surface area contributed by atoms with E-state index >= 15 is 0 Å². The normalized spacial score (nSPS) is 35.0. The van der Waals surface area contributed by atoms with Crippen LogP contribution in [0.3, 0.4) is 0 Å². The molecule has 0 bridgehead atoms. The second-order valence-electron chi connectivity index (χ2n) is 6.87. The Hall–Kier alpha value is -0.420. The van der Waals surface area contributed by atoms with Crippen LogP contribution in [0.5, 0.6) is 0 Å². The van der Waals surface area contributed by atoms with E-state index in [4.69, 9.17) is 4.74 Å². The van der Waals surface area contributed by atoms with Crippen LogP contribution in [0, 0.1) is 5.92 Å². The van der Waals surface area contributed by atoms with E-state index in [-0.39, 0.29) is 0 Å². The lowest BCUT2D eigenvalue weighted by Gasteiger charge is -2.48.